The first-order chi connectivity index (χ1) is 16.4. The summed E-state index contributed by atoms with van der Waals surface area (Å²) in [6.07, 6.45) is 2.02. The van der Waals surface area contributed by atoms with Gasteiger partial charge in [-0.25, -0.2) is 13.2 Å². The molecule has 34 heavy (non-hydrogen) atoms. The van der Waals surface area contributed by atoms with Gasteiger partial charge in [0.25, 0.3) is 10.0 Å². The standard InChI is InChI=1S/C26H27NO6S/c1-31-22-15-23(32-2)17-24(16-22)34(29,30)27-14-13-20-6-4-5-19(25(20)27)10-7-18-8-11-21(12-9-18)26(28)33-3/h4-6,8-9,11-12,15-17H,7,10,13-14H2,1-3H3. The molecule has 0 amide bonds. The number of aryl methyl sites for hydroxylation is 2. The normalized spacial score (nSPS) is 12.9. The topological polar surface area (TPSA) is 82.1 Å². The number of esters is 1. The lowest BCUT2D eigenvalue weighted by Gasteiger charge is -2.23. The third kappa shape index (κ3) is 4.59. The van der Waals surface area contributed by atoms with E-state index in [1.54, 1.807) is 18.2 Å². The minimum atomic E-state index is -3.82. The average Bonchev–Trinajstić information content (AvgIpc) is 3.32. The molecule has 0 unspecified atom stereocenters. The fourth-order valence-corrected chi connectivity index (χ4v) is 5.80. The summed E-state index contributed by atoms with van der Waals surface area (Å²) in [7, 11) is 0.520. The lowest BCUT2D eigenvalue weighted by molar-refractivity contribution is 0.0600. The maximum Gasteiger partial charge on any atom is 0.337 e. The molecule has 0 bridgehead atoms. The summed E-state index contributed by atoms with van der Waals surface area (Å²) >= 11 is 0. The Hall–Kier alpha value is -3.52. The summed E-state index contributed by atoms with van der Waals surface area (Å²) in [5.41, 5.74) is 4.27. The highest BCUT2D eigenvalue weighted by molar-refractivity contribution is 7.92. The van der Waals surface area contributed by atoms with Crippen molar-refractivity contribution in [1.29, 1.82) is 0 Å². The summed E-state index contributed by atoms with van der Waals surface area (Å²) < 4.78 is 44.1. The number of nitrogens with zero attached hydrogens (tertiary/aromatic N) is 1. The van der Waals surface area contributed by atoms with Crippen molar-refractivity contribution in [2.24, 2.45) is 0 Å². The van der Waals surface area contributed by atoms with Gasteiger partial charge in [-0.05, 0) is 48.1 Å². The molecule has 0 saturated heterocycles. The number of carbonyl (C=O) groups is 1. The number of sulfonamides is 1. The van der Waals surface area contributed by atoms with Crippen LogP contribution in [-0.2, 0) is 34.0 Å². The Labute approximate surface area is 199 Å². The van der Waals surface area contributed by atoms with Gasteiger partial charge >= 0.3 is 5.97 Å². The van der Waals surface area contributed by atoms with E-state index in [1.165, 1.54) is 37.8 Å². The van der Waals surface area contributed by atoms with Gasteiger partial charge in [0, 0.05) is 24.7 Å². The van der Waals surface area contributed by atoms with Crippen LogP contribution in [0.15, 0.2) is 65.6 Å². The number of ether oxygens (including phenoxy) is 3. The third-order valence-corrected chi connectivity index (χ3v) is 7.78. The molecule has 0 saturated carbocycles. The maximum atomic E-state index is 13.7. The Morgan fingerprint density at radius 2 is 1.59 bits per heavy atom. The molecule has 1 aliphatic heterocycles. The van der Waals surface area contributed by atoms with Crippen LogP contribution in [0, 0.1) is 0 Å². The molecule has 0 N–H and O–H groups in total. The second kappa shape index (κ2) is 9.77. The minimum absolute atomic E-state index is 0.129. The summed E-state index contributed by atoms with van der Waals surface area (Å²) in [5, 5.41) is 0. The third-order valence-electron chi connectivity index (χ3n) is 6.01. The van der Waals surface area contributed by atoms with Crippen LogP contribution in [-0.4, -0.2) is 42.3 Å². The SMILES string of the molecule is COC(=O)c1ccc(CCc2cccc3c2N(S(=O)(=O)c2cc(OC)cc(OC)c2)CC3)cc1. The number of benzene rings is 3. The maximum absolute atomic E-state index is 13.7. The quantitative estimate of drug-likeness (QED) is 0.452. The lowest BCUT2D eigenvalue weighted by Crippen LogP contribution is -2.30. The molecule has 0 spiro atoms. The van der Waals surface area contributed by atoms with Gasteiger partial charge in [0.15, 0.2) is 0 Å². The van der Waals surface area contributed by atoms with Crippen LogP contribution in [0.3, 0.4) is 0 Å². The molecule has 0 radical (unpaired) electrons. The first kappa shape index (κ1) is 23.6. The van der Waals surface area contributed by atoms with Crippen molar-refractivity contribution < 1.29 is 27.4 Å². The highest BCUT2D eigenvalue weighted by Gasteiger charge is 2.33. The number of anilines is 1. The van der Waals surface area contributed by atoms with Crippen LogP contribution in [0.25, 0.3) is 0 Å². The summed E-state index contributed by atoms with van der Waals surface area (Å²) in [6, 6.07) is 17.9. The van der Waals surface area contributed by atoms with Crippen LogP contribution in [0.2, 0.25) is 0 Å². The number of carbonyl (C=O) groups excluding carboxylic acids is 1. The van der Waals surface area contributed by atoms with Gasteiger partial charge in [-0.3, -0.25) is 4.31 Å². The van der Waals surface area contributed by atoms with E-state index < -0.39 is 10.0 Å². The Bertz CT molecular complexity index is 1280. The van der Waals surface area contributed by atoms with Crippen LogP contribution in [0.1, 0.15) is 27.0 Å². The average molecular weight is 482 g/mol. The number of rotatable bonds is 8. The van der Waals surface area contributed by atoms with Gasteiger partial charge in [0.05, 0.1) is 37.5 Å². The van der Waals surface area contributed by atoms with Crippen molar-refractivity contribution in [2.45, 2.75) is 24.2 Å². The molecule has 8 heteroatoms. The molecule has 0 fully saturated rings. The molecule has 1 heterocycles. The lowest BCUT2D eigenvalue weighted by atomic mass is 10.00. The Balaban J connectivity index is 1.62. The summed E-state index contributed by atoms with van der Waals surface area (Å²) in [6.45, 7) is 0.377. The molecule has 178 valence electrons. The summed E-state index contributed by atoms with van der Waals surface area (Å²) in [5.74, 6) is 0.463. The van der Waals surface area contributed by atoms with E-state index in [9.17, 15) is 13.2 Å². The van der Waals surface area contributed by atoms with Crippen molar-refractivity contribution in [1.82, 2.24) is 0 Å². The fourth-order valence-electron chi connectivity index (χ4n) is 4.20. The molecular weight excluding hydrogens is 454 g/mol. The number of para-hydroxylation sites is 1. The van der Waals surface area contributed by atoms with Gasteiger partial charge < -0.3 is 14.2 Å². The Morgan fingerprint density at radius 3 is 2.21 bits per heavy atom. The number of hydrogen-bond acceptors (Lipinski definition) is 6. The highest BCUT2D eigenvalue weighted by Crippen LogP contribution is 2.38. The molecular formula is C26H27NO6S. The predicted octanol–water partition coefficient (Wildman–Crippen LogP) is 4.03. The van der Waals surface area contributed by atoms with E-state index in [0.717, 1.165) is 22.4 Å². The molecule has 0 aromatic heterocycles. The second-order valence-electron chi connectivity index (χ2n) is 7.99. The Morgan fingerprint density at radius 1 is 0.912 bits per heavy atom. The molecule has 1 aliphatic rings. The minimum Gasteiger partial charge on any atom is -0.497 e. The molecule has 4 rings (SSSR count). The monoisotopic (exact) mass is 481 g/mol. The predicted molar refractivity (Wildman–Crippen MR) is 129 cm³/mol. The van der Waals surface area contributed by atoms with Crippen molar-refractivity contribution in [3.8, 4) is 11.5 Å². The van der Waals surface area contributed by atoms with Gasteiger partial charge in [-0.2, -0.15) is 0 Å². The van der Waals surface area contributed by atoms with E-state index in [0.29, 0.717) is 42.9 Å². The summed E-state index contributed by atoms with van der Waals surface area (Å²) in [4.78, 5) is 11.8. The van der Waals surface area contributed by atoms with Crippen LogP contribution in [0.5, 0.6) is 11.5 Å². The fraction of sp³-hybridized carbons (Fsp3) is 0.269. The zero-order valence-corrected chi connectivity index (χ0v) is 20.2. The van der Waals surface area contributed by atoms with Crippen LogP contribution < -0.4 is 13.8 Å². The van der Waals surface area contributed by atoms with Crippen molar-refractivity contribution in [2.75, 3.05) is 32.2 Å². The van der Waals surface area contributed by atoms with E-state index in [4.69, 9.17) is 14.2 Å². The molecule has 3 aromatic carbocycles. The van der Waals surface area contributed by atoms with Crippen molar-refractivity contribution in [3.63, 3.8) is 0 Å². The molecule has 3 aromatic rings. The molecule has 7 nitrogen and oxygen atoms in total. The first-order valence-corrected chi connectivity index (χ1v) is 12.3. The van der Waals surface area contributed by atoms with Crippen LogP contribution in [0.4, 0.5) is 5.69 Å². The van der Waals surface area contributed by atoms with Gasteiger partial charge in [-0.1, -0.05) is 30.3 Å². The van der Waals surface area contributed by atoms with Crippen molar-refractivity contribution >= 4 is 21.7 Å². The number of hydrogen-bond donors (Lipinski definition) is 0. The van der Waals surface area contributed by atoms with Gasteiger partial charge in [-0.15, -0.1) is 0 Å². The van der Waals surface area contributed by atoms with Gasteiger partial charge in [0.2, 0.25) is 0 Å². The second-order valence-corrected chi connectivity index (χ2v) is 9.85. The smallest absolute Gasteiger partial charge is 0.337 e. The number of fused-ring (bicyclic) bond motifs is 1. The highest BCUT2D eigenvalue weighted by atomic mass is 32.2. The van der Waals surface area contributed by atoms with Gasteiger partial charge in [0.1, 0.15) is 11.5 Å². The van der Waals surface area contributed by atoms with Crippen molar-refractivity contribution in [3.05, 3.63) is 82.9 Å². The largest absolute Gasteiger partial charge is 0.497 e. The Kier molecular flexibility index (Phi) is 6.79. The number of methoxy groups -OCH3 is 3. The zero-order chi connectivity index (χ0) is 24.3. The molecule has 0 aliphatic carbocycles. The molecule has 0 atom stereocenters. The van der Waals surface area contributed by atoms with E-state index in [-0.39, 0.29) is 10.9 Å². The first-order valence-electron chi connectivity index (χ1n) is 10.9. The van der Waals surface area contributed by atoms with E-state index in [2.05, 4.69) is 0 Å². The van der Waals surface area contributed by atoms with E-state index >= 15 is 0 Å². The van der Waals surface area contributed by atoms with E-state index in [1.807, 2.05) is 30.3 Å². The van der Waals surface area contributed by atoms with Crippen LogP contribution >= 0.6 is 0 Å². The zero-order valence-electron chi connectivity index (χ0n) is 19.4.